The number of sulfonamides is 1. The summed E-state index contributed by atoms with van der Waals surface area (Å²) in [5.41, 5.74) is 0.819. The first-order valence-corrected chi connectivity index (χ1v) is 16.6. The van der Waals surface area contributed by atoms with Crippen LogP contribution in [0.5, 0.6) is 5.75 Å². The Morgan fingerprint density at radius 1 is 0.952 bits per heavy atom. The van der Waals surface area contributed by atoms with Crippen molar-refractivity contribution >= 4 is 39.3 Å². The zero-order chi connectivity index (χ0) is 30.9. The summed E-state index contributed by atoms with van der Waals surface area (Å²) in [5, 5.41) is 2.94. The topological polar surface area (TPSA) is 96.0 Å². The van der Waals surface area contributed by atoms with Gasteiger partial charge in [0.1, 0.15) is 18.3 Å². The summed E-state index contributed by atoms with van der Waals surface area (Å²) in [7, 11) is -4.14. The van der Waals surface area contributed by atoms with E-state index in [0.29, 0.717) is 24.5 Å². The lowest BCUT2D eigenvalue weighted by atomic mass is 10.1. The molecule has 226 valence electrons. The van der Waals surface area contributed by atoms with Gasteiger partial charge in [-0.05, 0) is 101 Å². The highest BCUT2D eigenvalue weighted by Crippen LogP contribution is 2.27. The van der Waals surface area contributed by atoms with Gasteiger partial charge in [0, 0.05) is 17.0 Å². The maximum atomic E-state index is 14.0. The molecule has 10 heteroatoms. The zero-order valence-corrected chi connectivity index (χ0v) is 26.8. The second-order valence-corrected chi connectivity index (χ2v) is 13.6. The fraction of sp³-hybridized carbons (Fsp3) is 0.375. The molecule has 0 bridgehead atoms. The van der Waals surface area contributed by atoms with Crippen LogP contribution < -0.4 is 14.4 Å². The van der Waals surface area contributed by atoms with Crippen molar-refractivity contribution < 1.29 is 22.7 Å². The Balaban J connectivity index is 2.00. The first kappa shape index (κ1) is 33.0. The monoisotopic (exact) mass is 611 g/mol. The molecule has 3 rings (SSSR count). The van der Waals surface area contributed by atoms with Crippen molar-refractivity contribution in [3.63, 3.8) is 0 Å². The van der Waals surface area contributed by atoms with Crippen molar-refractivity contribution in [2.24, 2.45) is 0 Å². The van der Waals surface area contributed by atoms with Gasteiger partial charge in [0.25, 0.3) is 10.0 Å². The predicted octanol–water partition coefficient (Wildman–Crippen LogP) is 5.38. The summed E-state index contributed by atoms with van der Waals surface area (Å²) in [5.74, 6) is -0.209. The molecule has 1 N–H and O–H groups in total. The highest BCUT2D eigenvalue weighted by molar-refractivity contribution is 7.98. The van der Waals surface area contributed by atoms with Crippen LogP contribution in [0.3, 0.4) is 0 Å². The van der Waals surface area contributed by atoms with E-state index in [1.807, 2.05) is 64.3 Å². The van der Waals surface area contributed by atoms with Crippen molar-refractivity contribution in [1.82, 2.24) is 10.2 Å². The van der Waals surface area contributed by atoms with Gasteiger partial charge in [-0.25, -0.2) is 8.42 Å². The summed E-state index contributed by atoms with van der Waals surface area (Å²) in [6.07, 6.45) is 2.42. The molecular weight excluding hydrogens is 571 g/mol. The number of amides is 2. The number of carbonyl (C=O) groups excluding carboxylic acids is 2. The number of hydrogen-bond donors (Lipinski definition) is 1. The second kappa shape index (κ2) is 14.6. The first-order valence-electron chi connectivity index (χ1n) is 13.9. The van der Waals surface area contributed by atoms with Gasteiger partial charge in [0.2, 0.25) is 11.8 Å². The first-order chi connectivity index (χ1) is 19.9. The Morgan fingerprint density at radius 3 is 2.12 bits per heavy atom. The number of thioether (sulfide) groups is 1. The van der Waals surface area contributed by atoms with Gasteiger partial charge in [-0.15, -0.1) is 11.8 Å². The summed E-state index contributed by atoms with van der Waals surface area (Å²) in [6.45, 7) is 9.36. The van der Waals surface area contributed by atoms with Crippen molar-refractivity contribution in [1.29, 1.82) is 0 Å². The third kappa shape index (κ3) is 9.00. The van der Waals surface area contributed by atoms with Crippen LogP contribution >= 0.6 is 11.8 Å². The lowest BCUT2D eigenvalue weighted by molar-refractivity contribution is -0.139. The molecule has 2 amide bonds. The van der Waals surface area contributed by atoms with E-state index in [2.05, 4.69) is 5.32 Å². The van der Waals surface area contributed by atoms with E-state index in [1.165, 1.54) is 16.7 Å². The van der Waals surface area contributed by atoms with Crippen LogP contribution in [0.15, 0.2) is 88.7 Å². The van der Waals surface area contributed by atoms with Gasteiger partial charge in [-0.2, -0.15) is 0 Å². The largest absolute Gasteiger partial charge is 0.494 e. The Kier molecular flexibility index (Phi) is 11.5. The minimum Gasteiger partial charge on any atom is -0.494 e. The second-order valence-electron chi connectivity index (χ2n) is 10.9. The lowest BCUT2D eigenvalue weighted by Crippen LogP contribution is -2.55. The average Bonchev–Trinajstić information content (AvgIpc) is 2.96. The van der Waals surface area contributed by atoms with Crippen LogP contribution in [0.4, 0.5) is 5.69 Å². The maximum absolute atomic E-state index is 14.0. The average molecular weight is 612 g/mol. The van der Waals surface area contributed by atoms with E-state index < -0.39 is 34.1 Å². The van der Waals surface area contributed by atoms with Crippen LogP contribution in [-0.4, -0.2) is 62.7 Å². The molecule has 0 unspecified atom stereocenters. The Hall–Kier alpha value is -3.50. The van der Waals surface area contributed by atoms with Crippen molar-refractivity contribution in [2.75, 3.05) is 30.3 Å². The third-order valence-corrected chi connectivity index (χ3v) is 9.04. The van der Waals surface area contributed by atoms with Gasteiger partial charge >= 0.3 is 0 Å². The minimum atomic E-state index is -4.14. The number of carbonyl (C=O) groups is 2. The number of hydrogen-bond acceptors (Lipinski definition) is 6. The van der Waals surface area contributed by atoms with Crippen LogP contribution in [-0.2, 0) is 26.0 Å². The third-order valence-electron chi connectivity index (χ3n) is 6.51. The molecule has 0 spiro atoms. The molecule has 0 radical (unpaired) electrons. The standard InChI is InChI=1S/C32H41N3O5S2/c1-7-40-27-15-13-26(14-16-27)35(42(38,39)29-19-17-28(41-6)18-20-29)23-30(36)34(22-21-25-11-9-8-10-12-25)24(2)31(37)33-32(3,4)5/h8-20,24H,7,21-23H2,1-6H3,(H,33,37)/t24-/m0/s1. The van der Waals surface area contributed by atoms with Gasteiger partial charge < -0.3 is 15.0 Å². The molecule has 8 nitrogen and oxygen atoms in total. The van der Waals surface area contributed by atoms with Crippen LogP contribution in [0.25, 0.3) is 0 Å². The van der Waals surface area contributed by atoms with E-state index in [0.717, 1.165) is 14.8 Å². The molecule has 0 fully saturated rings. The number of rotatable bonds is 13. The molecule has 1 atom stereocenters. The van der Waals surface area contributed by atoms with Crippen LogP contribution in [0.2, 0.25) is 0 Å². The summed E-state index contributed by atoms with van der Waals surface area (Å²) in [6, 6.07) is 22.0. The quantitative estimate of drug-likeness (QED) is 0.261. The van der Waals surface area contributed by atoms with E-state index in [-0.39, 0.29) is 17.3 Å². The number of ether oxygens (including phenoxy) is 1. The summed E-state index contributed by atoms with van der Waals surface area (Å²) in [4.78, 5) is 29.7. The van der Waals surface area contributed by atoms with Crippen LogP contribution in [0, 0.1) is 0 Å². The normalized spacial score (nSPS) is 12.3. The van der Waals surface area contributed by atoms with E-state index >= 15 is 0 Å². The fourth-order valence-corrected chi connectivity index (χ4v) is 6.15. The molecule has 0 aliphatic carbocycles. The number of anilines is 1. The summed E-state index contributed by atoms with van der Waals surface area (Å²) >= 11 is 1.51. The predicted molar refractivity (Wildman–Crippen MR) is 170 cm³/mol. The fourth-order valence-electron chi connectivity index (χ4n) is 4.32. The molecule has 0 saturated carbocycles. The van der Waals surface area contributed by atoms with Gasteiger partial charge in [0.05, 0.1) is 17.2 Å². The van der Waals surface area contributed by atoms with Crippen molar-refractivity contribution in [3.05, 3.63) is 84.4 Å². The SMILES string of the molecule is CCOc1ccc(N(CC(=O)N(CCc2ccccc2)[C@@H](C)C(=O)NC(C)(C)C)S(=O)(=O)c2ccc(SC)cc2)cc1. The molecule has 3 aromatic carbocycles. The molecule has 0 aromatic heterocycles. The highest BCUT2D eigenvalue weighted by atomic mass is 32.2. The molecule has 0 aliphatic heterocycles. The number of nitrogens with one attached hydrogen (secondary N) is 1. The number of nitrogens with zero attached hydrogens (tertiary/aromatic N) is 2. The number of benzene rings is 3. The van der Waals surface area contributed by atoms with Crippen molar-refractivity contribution in [2.45, 2.75) is 62.4 Å². The van der Waals surface area contributed by atoms with Crippen molar-refractivity contribution in [3.8, 4) is 5.75 Å². The maximum Gasteiger partial charge on any atom is 0.264 e. The lowest BCUT2D eigenvalue weighted by Gasteiger charge is -2.33. The Bertz CT molecular complexity index is 1420. The Morgan fingerprint density at radius 2 is 1.57 bits per heavy atom. The molecule has 3 aromatic rings. The molecule has 0 heterocycles. The molecular formula is C32H41N3O5S2. The zero-order valence-electron chi connectivity index (χ0n) is 25.2. The molecule has 42 heavy (non-hydrogen) atoms. The Labute approximate surface area is 254 Å². The highest BCUT2D eigenvalue weighted by Gasteiger charge is 2.33. The molecule has 0 saturated heterocycles. The minimum absolute atomic E-state index is 0.0661. The van der Waals surface area contributed by atoms with Gasteiger partial charge in [0.15, 0.2) is 0 Å². The van der Waals surface area contributed by atoms with Gasteiger partial charge in [-0.3, -0.25) is 13.9 Å². The smallest absolute Gasteiger partial charge is 0.264 e. The van der Waals surface area contributed by atoms with E-state index in [1.54, 1.807) is 55.5 Å². The van der Waals surface area contributed by atoms with E-state index in [9.17, 15) is 18.0 Å². The summed E-state index contributed by atoms with van der Waals surface area (Å²) < 4.78 is 34.7. The van der Waals surface area contributed by atoms with Gasteiger partial charge in [-0.1, -0.05) is 30.3 Å². The van der Waals surface area contributed by atoms with Crippen LogP contribution in [0.1, 0.15) is 40.2 Å². The van der Waals surface area contributed by atoms with E-state index in [4.69, 9.17) is 4.74 Å². The molecule has 0 aliphatic rings.